The summed E-state index contributed by atoms with van der Waals surface area (Å²) in [7, 11) is 0. The lowest BCUT2D eigenvalue weighted by Gasteiger charge is -2.39. The van der Waals surface area contributed by atoms with E-state index < -0.39 is 0 Å². The Labute approximate surface area is 125 Å². The van der Waals surface area contributed by atoms with Crippen LogP contribution in [0.3, 0.4) is 0 Å². The van der Waals surface area contributed by atoms with Crippen molar-refractivity contribution in [3.8, 4) is 0 Å². The normalized spacial score (nSPS) is 20.9. The second-order valence-corrected chi connectivity index (χ2v) is 6.42. The van der Waals surface area contributed by atoms with Crippen molar-refractivity contribution in [1.82, 2.24) is 10.2 Å². The maximum Gasteiger partial charge on any atom is 0.194 e. The van der Waals surface area contributed by atoms with Gasteiger partial charge in [0.15, 0.2) is 5.96 Å². The average molecular weight is 292 g/mol. The molecular weight excluding hydrogens is 268 g/mol. The molecule has 1 aromatic heterocycles. The lowest BCUT2D eigenvalue weighted by Crippen LogP contribution is -2.55. The fourth-order valence-corrected chi connectivity index (χ4v) is 3.50. The van der Waals surface area contributed by atoms with Gasteiger partial charge in [0.2, 0.25) is 0 Å². The first-order valence-corrected chi connectivity index (χ1v) is 8.59. The Kier molecular flexibility index (Phi) is 4.45. The van der Waals surface area contributed by atoms with Gasteiger partial charge in [0.1, 0.15) is 0 Å². The van der Waals surface area contributed by atoms with Crippen molar-refractivity contribution in [3.63, 3.8) is 0 Å². The summed E-state index contributed by atoms with van der Waals surface area (Å²) in [5.41, 5.74) is 0. The molecule has 5 heteroatoms. The molecule has 0 radical (unpaired) electrons. The van der Waals surface area contributed by atoms with Gasteiger partial charge < -0.3 is 15.1 Å². The Morgan fingerprint density at radius 3 is 2.70 bits per heavy atom. The summed E-state index contributed by atoms with van der Waals surface area (Å²) >= 11 is 1.83. The highest BCUT2D eigenvalue weighted by Crippen LogP contribution is 2.23. The Morgan fingerprint density at radius 2 is 2.15 bits per heavy atom. The number of nitrogens with one attached hydrogen (secondary N) is 1. The molecule has 0 bridgehead atoms. The number of aliphatic imine (C=N–C) groups is 1. The SMILES string of the molecule is CCN=C(NC1CCC1)N1CCN(c2cccs2)CC1. The minimum Gasteiger partial charge on any atom is -0.360 e. The molecule has 0 aromatic carbocycles. The zero-order valence-electron chi connectivity index (χ0n) is 12.2. The fourth-order valence-electron chi connectivity index (χ4n) is 2.71. The van der Waals surface area contributed by atoms with Crippen molar-refractivity contribution in [2.24, 2.45) is 4.99 Å². The lowest BCUT2D eigenvalue weighted by molar-refractivity contribution is 0.332. The number of thiophene rings is 1. The van der Waals surface area contributed by atoms with E-state index in [9.17, 15) is 0 Å². The highest BCUT2D eigenvalue weighted by atomic mass is 32.1. The van der Waals surface area contributed by atoms with Crippen LogP contribution in [0.5, 0.6) is 0 Å². The topological polar surface area (TPSA) is 30.9 Å². The number of piperazine rings is 1. The van der Waals surface area contributed by atoms with Gasteiger partial charge in [-0.2, -0.15) is 0 Å². The molecule has 1 aromatic rings. The summed E-state index contributed by atoms with van der Waals surface area (Å²) in [6, 6.07) is 5.01. The predicted octanol–water partition coefficient (Wildman–Crippen LogP) is 2.39. The van der Waals surface area contributed by atoms with Crippen molar-refractivity contribution in [3.05, 3.63) is 17.5 Å². The number of anilines is 1. The first-order valence-electron chi connectivity index (χ1n) is 7.71. The van der Waals surface area contributed by atoms with Crippen LogP contribution in [0.2, 0.25) is 0 Å². The maximum absolute atomic E-state index is 4.67. The molecule has 0 spiro atoms. The minimum atomic E-state index is 0.663. The molecule has 1 aliphatic carbocycles. The molecule has 0 unspecified atom stereocenters. The van der Waals surface area contributed by atoms with Gasteiger partial charge in [-0.25, -0.2) is 0 Å². The van der Waals surface area contributed by atoms with Crippen LogP contribution in [-0.4, -0.2) is 49.6 Å². The zero-order chi connectivity index (χ0) is 13.8. The number of hydrogen-bond donors (Lipinski definition) is 1. The summed E-state index contributed by atoms with van der Waals surface area (Å²) in [5.74, 6) is 1.13. The summed E-state index contributed by atoms with van der Waals surface area (Å²) in [6.45, 7) is 7.29. The predicted molar refractivity (Wildman–Crippen MR) is 86.9 cm³/mol. The third-order valence-electron chi connectivity index (χ3n) is 4.14. The standard InChI is InChI=1S/C15H24N4S/c1-2-16-15(17-13-5-3-6-13)19-10-8-18(9-11-19)14-7-4-12-20-14/h4,7,12-13H,2-3,5-6,8-11H2,1H3,(H,16,17). The van der Waals surface area contributed by atoms with Crippen molar-refractivity contribution >= 4 is 22.3 Å². The molecular formula is C15H24N4S. The monoisotopic (exact) mass is 292 g/mol. The van der Waals surface area contributed by atoms with Crippen LogP contribution in [0.25, 0.3) is 0 Å². The average Bonchev–Trinajstić information content (AvgIpc) is 2.96. The number of guanidine groups is 1. The molecule has 110 valence electrons. The fraction of sp³-hybridized carbons (Fsp3) is 0.667. The lowest BCUT2D eigenvalue weighted by atomic mass is 9.93. The van der Waals surface area contributed by atoms with Crippen LogP contribution in [-0.2, 0) is 0 Å². The third kappa shape index (κ3) is 3.08. The van der Waals surface area contributed by atoms with E-state index in [1.54, 1.807) is 0 Å². The van der Waals surface area contributed by atoms with Crippen LogP contribution in [0.15, 0.2) is 22.5 Å². The Bertz CT molecular complexity index is 431. The zero-order valence-corrected chi connectivity index (χ0v) is 13.0. The van der Waals surface area contributed by atoms with Crippen LogP contribution in [0.4, 0.5) is 5.00 Å². The van der Waals surface area contributed by atoms with Crippen LogP contribution < -0.4 is 10.2 Å². The maximum atomic E-state index is 4.67. The van der Waals surface area contributed by atoms with E-state index in [4.69, 9.17) is 0 Å². The number of rotatable bonds is 3. The smallest absolute Gasteiger partial charge is 0.194 e. The van der Waals surface area contributed by atoms with E-state index >= 15 is 0 Å². The summed E-state index contributed by atoms with van der Waals surface area (Å²) < 4.78 is 0. The molecule has 1 aliphatic heterocycles. The number of nitrogens with zero attached hydrogens (tertiary/aromatic N) is 3. The molecule has 2 fully saturated rings. The quantitative estimate of drug-likeness (QED) is 0.685. The van der Waals surface area contributed by atoms with Gasteiger partial charge in [-0.05, 0) is 43.7 Å². The van der Waals surface area contributed by atoms with E-state index in [0.29, 0.717) is 6.04 Å². The molecule has 2 aliphatic rings. The van der Waals surface area contributed by atoms with Gasteiger partial charge in [-0.15, -0.1) is 11.3 Å². The van der Waals surface area contributed by atoms with Gasteiger partial charge in [0.25, 0.3) is 0 Å². The van der Waals surface area contributed by atoms with Crippen molar-refractivity contribution in [2.75, 3.05) is 37.6 Å². The van der Waals surface area contributed by atoms with Gasteiger partial charge in [0.05, 0.1) is 5.00 Å². The highest BCUT2D eigenvalue weighted by Gasteiger charge is 2.24. The highest BCUT2D eigenvalue weighted by molar-refractivity contribution is 7.14. The molecule has 0 amide bonds. The van der Waals surface area contributed by atoms with Gasteiger partial charge in [0, 0.05) is 38.8 Å². The van der Waals surface area contributed by atoms with E-state index in [1.807, 2.05) is 11.3 Å². The largest absolute Gasteiger partial charge is 0.360 e. The molecule has 20 heavy (non-hydrogen) atoms. The summed E-state index contributed by atoms with van der Waals surface area (Å²) in [6.07, 6.45) is 3.97. The first kappa shape index (κ1) is 13.7. The summed E-state index contributed by atoms with van der Waals surface area (Å²) in [4.78, 5) is 9.58. The van der Waals surface area contributed by atoms with E-state index in [0.717, 1.165) is 38.7 Å². The second kappa shape index (κ2) is 6.48. The molecule has 4 nitrogen and oxygen atoms in total. The molecule has 3 rings (SSSR count). The van der Waals surface area contributed by atoms with Crippen molar-refractivity contribution in [2.45, 2.75) is 32.2 Å². The van der Waals surface area contributed by atoms with Gasteiger partial charge >= 0.3 is 0 Å². The van der Waals surface area contributed by atoms with Crippen molar-refractivity contribution < 1.29 is 0 Å². The van der Waals surface area contributed by atoms with Gasteiger partial charge in [-0.3, -0.25) is 4.99 Å². The van der Waals surface area contributed by atoms with E-state index in [2.05, 4.69) is 44.5 Å². The minimum absolute atomic E-state index is 0.663. The molecule has 1 N–H and O–H groups in total. The molecule has 2 heterocycles. The van der Waals surface area contributed by atoms with Gasteiger partial charge in [-0.1, -0.05) is 0 Å². The third-order valence-corrected chi connectivity index (χ3v) is 5.07. The molecule has 1 saturated heterocycles. The van der Waals surface area contributed by atoms with E-state index in [1.165, 1.54) is 24.3 Å². The van der Waals surface area contributed by atoms with Crippen LogP contribution in [0.1, 0.15) is 26.2 Å². The Balaban J connectivity index is 1.56. The van der Waals surface area contributed by atoms with E-state index in [-0.39, 0.29) is 0 Å². The molecule has 1 saturated carbocycles. The first-order chi connectivity index (χ1) is 9.86. The van der Waals surface area contributed by atoms with Crippen LogP contribution >= 0.6 is 11.3 Å². The Hall–Kier alpha value is -1.23. The molecule has 0 atom stereocenters. The van der Waals surface area contributed by atoms with Crippen LogP contribution in [0, 0.1) is 0 Å². The Morgan fingerprint density at radius 1 is 1.35 bits per heavy atom. The second-order valence-electron chi connectivity index (χ2n) is 5.50. The van der Waals surface area contributed by atoms with Crippen molar-refractivity contribution in [1.29, 1.82) is 0 Å². The number of hydrogen-bond acceptors (Lipinski definition) is 3. The summed E-state index contributed by atoms with van der Waals surface area (Å²) in [5, 5.41) is 7.18.